The molecule has 3 rings (SSSR count). The molecule has 0 aliphatic heterocycles. The molecule has 1 aromatic carbocycles. The fraction of sp³-hybridized carbons (Fsp3) is 0.125. The minimum absolute atomic E-state index is 0.172. The molecule has 116 valence electrons. The number of benzene rings is 1. The first-order chi connectivity index (χ1) is 11.1. The third-order valence-electron chi connectivity index (χ3n) is 3.39. The summed E-state index contributed by atoms with van der Waals surface area (Å²) in [5, 5.41) is 7.50. The second-order valence-electron chi connectivity index (χ2n) is 4.99. The van der Waals surface area contributed by atoms with E-state index < -0.39 is 0 Å². The van der Waals surface area contributed by atoms with Gasteiger partial charge >= 0.3 is 0 Å². The first-order valence-electron chi connectivity index (χ1n) is 6.97. The number of amides is 1. The van der Waals surface area contributed by atoms with Gasteiger partial charge < -0.3 is 5.32 Å². The van der Waals surface area contributed by atoms with Crippen LogP contribution < -0.4 is 5.32 Å². The number of aryl methyl sites for hydroxylation is 1. The Morgan fingerprint density at radius 3 is 2.39 bits per heavy atom. The topological polar surface area (TPSA) is 72.7 Å². The van der Waals surface area contributed by atoms with Gasteiger partial charge in [0, 0.05) is 46.1 Å². The lowest BCUT2D eigenvalue weighted by molar-refractivity contribution is 0.271. The number of para-hydroxylation sites is 1. The highest BCUT2D eigenvalue weighted by molar-refractivity contribution is 14.1. The van der Waals surface area contributed by atoms with Crippen LogP contribution >= 0.6 is 22.6 Å². The van der Waals surface area contributed by atoms with Gasteiger partial charge in [0.25, 0.3) is 3.91 Å². The summed E-state index contributed by atoms with van der Waals surface area (Å²) >= 11 is 1.71. The van der Waals surface area contributed by atoms with Crippen molar-refractivity contribution in [1.82, 2.24) is 19.7 Å². The van der Waals surface area contributed by atoms with Crippen molar-refractivity contribution < 1.29 is 4.79 Å². The van der Waals surface area contributed by atoms with E-state index in [1.807, 2.05) is 44.2 Å². The first kappa shape index (κ1) is 15.6. The first-order valence-corrected chi connectivity index (χ1v) is 8.04. The van der Waals surface area contributed by atoms with E-state index in [-0.39, 0.29) is 3.91 Å². The van der Waals surface area contributed by atoms with Crippen LogP contribution in [0.15, 0.2) is 42.7 Å². The highest BCUT2D eigenvalue weighted by Crippen LogP contribution is 2.30. The minimum atomic E-state index is -0.172. The van der Waals surface area contributed by atoms with Gasteiger partial charge in [0.2, 0.25) is 0 Å². The smallest absolute Gasteiger partial charge is 0.286 e. The van der Waals surface area contributed by atoms with E-state index in [2.05, 4.69) is 20.4 Å². The summed E-state index contributed by atoms with van der Waals surface area (Å²) in [5.74, 6) is 1.35. The summed E-state index contributed by atoms with van der Waals surface area (Å²) in [5.41, 5.74) is 3.29. The molecule has 0 unspecified atom stereocenters. The number of nitrogens with zero attached hydrogens (tertiary/aromatic N) is 4. The zero-order valence-electron chi connectivity index (χ0n) is 12.6. The Morgan fingerprint density at radius 1 is 1.13 bits per heavy atom. The summed E-state index contributed by atoms with van der Waals surface area (Å²) in [7, 11) is 0. The van der Waals surface area contributed by atoms with E-state index in [0.717, 1.165) is 22.5 Å². The van der Waals surface area contributed by atoms with Gasteiger partial charge in [-0.1, -0.05) is 18.2 Å². The zero-order valence-corrected chi connectivity index (χ0v) is 14.8. The molecule has 2 heterocycles. The van der Waals surface area contributed by atoms with Crippen LogP contribution in [0.5, 0.6) is 0 Å². The normalized spacial score (nSPS) is 10.6. The van der Waals surface area contributed by atoms with Gasteiger partial charge in [0.1, 0.15) is 17.3 Å². The molecule has 7 heteroatoms. The molecular formula is C16H14IN5O. The predicted octanol–water partition coefficient (Wildman–Crippen LogP) is 3.91. The van der Waals surface area contributed by atoms with Crippen LogP contribution in [0.25, 0.3) is 16.9 Å². The van der Waals surface area contributed by atoms with Crippen LogP contribution in [-0.2, 0) is 0 Å². The van der Waals surface area contributed by atoms with E-state index in [1.165, 1.54) is 0 Å². The number of hydrogen-bond acceptors (Lipinski definition) is 4. The van der Waals surface area contributed by atoms with Gasteiger partial charge in [-0.3, -0.25) is 4.79 Å². The summed E-state index contributed by atoms with van der Waals surface area (Å²) < 4.78 is 1.55. The molecule has 0 saturated heterocycles. The largest absolute Gasteiger partial charge is 0.302 e. The number of carbonyl (C=O) groups is 1. The summed E-state index contributed by atoms with van der Waals surface area (Å²) in [6, 6.07) is 9.66. The number of rotatable bonds is 3. The van der Waals surface area contributed by atoms with Crippen LogP contribution in [0.3, 0.4) is 0 Å². The van der Waals surface area contributed by atoms with E-state index in [1.54, 1.807) is 39.7 Å². The van der Waals surface area contributed by atoms with Crippen molar-refractivity contribution in [3.63, 3.8) is 0 Å². The molecule has 0 saturated carbocycles. The number of aromatic nitrogens is 4. The van der Waals surface area contributed by atoms with Crippen LogP contribution in [0.2, 0.25) is 0 Å². The van der Waals surface area contributed by atoms with Gasteiger partial charge in [-0.05, 0) is 26.0 Å². The maximum absolute atomic E-state index is 11.5. The van der Waals surface area contributed by atoms with Gasteiger partial charge in [-0.25, -0.2) is 14.6 Å². The average molecular weight is 419 g/mol. The van der Waals surface area contributed by atoms with Crippen LogP contribution in [0.4, 0.5) is 10.6 Å². The van der Waals surface area contributed by atoms with Gasteiger partial charge in [0.05, 0.1) is 5.69 Å². The van der Waals surface area contributed by atoms with Crippen LogP contribution in [0, 0.1) is 13.8 Å². The highest BCUT2D eigenvalue weighted by atomic mass is 127. The maximum Gasteiger partial charge on any atom is 0.286 e. The van der Waals surface area contributed by atoms with Gasteiger partial charge in [-0.2, -0.15) is 5.10 Å². The number of anilines is 1. The van der Waals surface area contributed by atoms with Crippen molar-refractivity contribution in [3.05, 3.63) is 54.1 Å². The van der Waals surface area contributed by atoms with Crippen LogP contribution in [-0.4, -0.2) is 23.7 Å². The number of hydrogen-bond donors (Lipinski definition) is 1. The Balaban J connectivity index is 2.17. The van der Waals surface area contributed by atoms with E-state index in [0.29, 0.717) is 11.6 Å². The Morgan fingerprint density at radius 2 is 1.78 bits per heavy atom. The zero-order chi connectivity index (χ0) is 16.4. The quantitative estimate of drug-likeness (QED) is 0.397. The fourth-order valence-electron chi connectivity index (χ4n) is 2.28. The highest BCUT2D eigenvalue weighted by Gasteiger charge is 2.18. The molecule has 0 spiro atoms. The Labute approximate surface area is 147 Å². The van der Waals surface area contributed by atoms with Gasteiger partial charge in [-0.15, -0.1) is 0 Å². The van der Waals surface area contributed by atoms with E-state index in [4.69, 9.17) is 0 Å². The van der Waals surface area contributed by atoms with Crippen molar-refractivity contribution in [2.75, 3.05) is 5.32 Å². The third-order valence-corrected chi connectivity index (χ3v) is 3.66. The third kappa shape index (κ3) is 3.24. The van der Waals surface area contributed by atoms with Crippen molar-refractivity contribution in [1.29, 1.82) is 0 Å². The van der Waals surface area contributed by atoms with Crippen LogP contribution in [0.1, 0.15) is 11.4 Å². The molecule has 0 atom stereocenters. The Kier molecular flexibility index (Phi) is 4.37. The molecule has 2 aromatic heterocycles. The SMILES string of the molecule is Cc1ncc(-c2nn(-c3ccccc3)c(NC(=O)I)c2C)cn1. The maximum atomic E-state index is 11.5. The second kappa shape index (κ2) is 6.45. The molecule has 1 N–H and O–H groups in total. The molecule has 0 radical (unpaired) electrons. The average Bonchev–Trinajstić information content (AvgIpc) is 2.86. The molecule has 0 aliphatic carbocycles. The lowest BCUT2D eigenvalue weighted by atomic mass is 10.1. The molecule has 1 amide bonds. The van der Waals surface area contributed by atoms with E-state index >= 15 is 0 Å². The molecule has 3 aromatic rings. The molecule has 6 nitrogen and oxygen atoms in total. The van der Waals surface area contributed by atoms with Crippen molar-refractivity contribution in [2.24, 2.45) is 0 Å². The number of carbonyl (C=O) groups excluding carboxylic acids is 1. The molecule has 0 aliphatic rings. The lowest BCUT2D eigenvalue weighted by Crippen LogP contribution is -2.08. The molecular weight excluding hydrogens is 405 g/mol. The van der Waals surface area contributed by atoms with E-state index in [9.17, 15) is 4.79 Å². The molecule has 0 fully saturated rings. The standard InChI is InChI=1S/C16H14IN5O/c1-10-14(12-8-18-11(2)19-9-12)21-22(15(10)20-16(17)23)13-6-4-3-5-7-13/h3-9H,1-2H3,(H,20,23). The van der Waals surface area contributed by atoms with Crippen molar-refractivity contribution in [3.8, 4) is 16.9 Å². The molecule has 0 bridgehead atoms. The minimum Gasteiger partial charge on any atom is -0.302 e. The summed E-state index contributed by atoms with van der Waals surface area (Å²) in [4.78, 5) is 20.0. The molecule has 23 heavy (non-hydrogen) atoms. The second-order valence-corrected chi connectivity index (χ2v) is 5.97. The number of halogens is 1. The predicted molar refractivity (Wildman–Crippen MR) is 97.1 cm³/mol. The summed E-state index contributed by atoms with van der Waals surface area (Å²) in [6.45, 7) is 3.75. The van der Waals surface area contributed by atoms with Gasteiger partial charge in [0.15, 0.2) is 0 Å². The fourth-order valence-corrected chi connectivity index (χ4v) is 2.54. The summed E-state index contributed by atoms with van der Waals surface area (Å²) in [6.07, 6.45) is 3.48. The van der Waals surface area contributed by atoms with Crippen molar-refractivity contribution in [2.45, 2.75) is 13.8 Å². The number of nitrogens with one attached hydrogen (secondary N) is 1. The monoisotopic (exact) mass is 419 g/mol. The Bertz CT molecular complexity index is 843. The lowest BCUT2D eigenvalue weighted by Gasteiger charge is -2.07. The Hall–Kier alpha value is -2.29. The van der Waals surface area contributed by atoms with Crippen molar-refractivity contribution >= 4 is 32.3 Å².